The number of ether oxygens (including phenoxy) is 1. The quantitative estimate of drug-likeness (QED) is 0.444. The molecule has 2 unspecified atom stereocenters. The third kappa shape index (κ3) is 4.96. The number of likely N-dealkylation sites (N-methyl/N-ethyl adjacent to an activating group) is 1. The fourth-order valence-electron chi connectivity index (χ4n) is 5.47. The Morgan fingerprint density at radius 1 is 1.19 bits per heavy atom. The maximum Gasteiger partial charge on any atom is 0.267 e. The molecule has 192 valence electrons. The molecule has 1 amide bonds. The smallest absolute Gasteiger partial charge is 0.267 e. The maximum atomic E-state index is 13.7. The van der Waals surface area contributed by atoms with Gasteiger partial charge in [0.2, 0.25) is 0 Å². The van der Waals surface area contributed by atoms with E-state index in [1.807, 2.05) is 19.1 Å². The van der Waals surface area contributed by atoms with Crippen LogP contribution in [-0.4, -0.2) is 81.4 Å². The SMILES string of the molecule is Cc1cccn2c(=O)c(/C=C3/SC(=S)N(C)C3=O)c(N3CCC(CN4CC(C)OC(C)C4)CC3)nc12. The Kier molecular flexibility index (Phi) is 7.22. The Morgan fingerprint density at radius 3 is 2.53 bits per heavy atom. The summed E-state index contributed by atoms with van der Waals surface area (Å²) in [6.45, 7) is 10.9. The van der Waals surface area contributed by atoms with Gasteiger partial charge in [-0.1, -0.05) is 30.0 Å². The second-order valence-corrected chi connectivity index (χ2v) is 11.9. The van der Waals surface area contributed by atoms with Crippen molar-refractivity contribution < 1.29 is 9.53 Å². The Labute approximate surface area is 221 Å². The summed E-state index contributed by atoms with van der Waals surface area (Å²) in [6.07, 6.45) is 6.03. The highest BCUT2D eigenvalue weighted by Crippen LogP contribution is 2.33. The molecule has 5 rings (SSSR count). The maximum absolute atomic E-state index is 13.7. The fourth-order valence-corrected chi connectivity index (χ4v) is 6.63. The van der Waals surface area contributed by atoms with Gasteiger partial charge in [0.05, 0.1) is 22.7 Å². The van der Waals surface area contributed by atoms with Gasteiger partial charge >= 0.3 is 0 Å². The molecule has 3 saturated heterocycles. The fraction of sp³-hybridized carbons (Fsp3) is 0.538. The van der Waals surface area contributed by atoms with Crippen LogP contribution in [-0.2, 0) is 9.53 Å². The zero-order chi connectivity index (χ0) is 25.6. The van der Waals surface area contributed by atoms with E-state index in [1.165, 1.54) is 16.7 Å². The molecule has 0 N–H and O–H groups in total. The number of piperidine rings is 1. The molecule has 2 aromatic rings. The molecule has 10 heteroatoms. The molecule has 2 aromatic heterocycles. The van der Waals surface area contributed by atoms with Crippen molar-refractivity contribution in [3.05, 3.63) is 44.7 Å². The first-order valence-electron chi connectivity index (χ1n) is 12.6. The standard InChI is InChI=1S/C26H33N5O3S2/c1-16-6-5-9-31-22(16)27-23(20(24(31)32)12-21-25(33)28(4)26(35)36-21)30-10-7-19(8-11-30)15-29-13-17(2)34-18(3)14-29/h5-6,9,12,17-19H,7-8,10-11,13-15H2,1-4H3/b21-12+. The van der Waals surface area contributed by atoms with Gasteiger partial charge in [0.25, 0.3) is 11.5 Å². The number of hydrogen-bond donors (Lipinski definition) is 0. The van der Waals surface area contributed by atoms with Crippen molar-refractivity contribution in [1.29, 1.82) is 0 Å². The number of fused-ring (bicyclic) bond motifs is 1. The molecular weight excluding hydrogens is 494 g/mol. The Bertz CT molecular complexity index is 1270. The lowest BCUT2D eigenvalue weighted by Crippen LogP contribution is -2.48. The average molecular weight is 528 g/mol. The van der Waals surface area contributed by atoms with E-state index in [1.54, 1.807) is 23.7 Å². The van der Waals surface area contributed by atoms with E-state index >= 15 is 0 Å². The van der Waals surface area contributed by atoms with Crippen LogP contribution in [0.2, 0.25) is 0 Å². The molecular formula is C26H33N5O3S2. The van der Waals surface area contributed by atoms with Gasteiger partial charge in [-0.2, -0.15) is 0 Å². The van der Waals surface area contributed by atoms with E-state index in [0.29, 0.717) is 32.2 Å². The molecule has 3 aliphatic heterocycles. The van der Waals surface area contributed by atoms with Crippen molar-refractivity contribution in [2.75, 3.05) is 44.7 Å². The number of carbonyl (C=O) groups is 1. The summed E-state index contributed by atoms with van der Waals surface area (Å²) >= 11 is 6.53. The number of aryl methyl sites for hydroxylation is 1. The van der Waals surface area contributed by atoms with Gasteiger partial charge in [0.15, 0.2) is 0 Å². The van der Waals surface area contributed by atoms with Gasteiger partial charge in [-0.15, -0.1) is 0 Å². The zero-order valence-corrected chi connectivity index (χ0v) is 22.9. The summed E-state index contributed by atoms with van der Waals surface area (Å²) in [4.78, 5) is 38.0. The summed E-state index contributed by atoms with van der Waals surface area (Å²) in [6, 6.07) is 3.81. The molecule has 0 radical (unpaired) electrons. The zero-order valence-electron chi connectivity index (χ0n) is 21.3. The van der Waals surface area contributed by atoms with E-state index in [0.717, 1.165) is 51.1 Å². The first-order chi connectivity index (χ1) is 17.2. The third-order valence-corrected chi connectivity index (χ3v) is 8.74. The van der Waals surface area contributed by atoms with Crippen LogP contribution in [0.4, 0.5) is 5.82 Å². The van der Waals surface area contributed by atoms with Crippen LogP contribution in [0.25, 0.3) is 11.7 Å². The van der Waals surface area contributed by atoms with Crippen molar-refractivity contribution in [3.63, 3.8) is 0 Å². The normalized spacial score (nSPS) is 25.5. The number of aromatic nitrogens is 2. The van der Waals surface area contributed by atoms with E-state index < -0.39 is 0 Å². The number of thiocarbonyl (C=S) groups is 1. The molecule has 8 nitrogen and oxygen atoms in total. The van der Waals surface area contributed by atoms with Crippen LogP contribution in [0.15, 0.2) is 28.0 Å². The van der Waals surface area contributed by atoms with Gasteiger partial charge in [0.1, 0.15) is 15.8 Å². The van der Waals surface area contributed by atoms with Gasteiger partial charge < -0.3 is 9.64 Å². The lowest BCUT2D eigenvalue weighted by Gasteiger charge is -2.40. The Hall–Kier alpha value is -2.27. The van der Waals surface area contributed by atoms with Gasteiger partial charge in [-0.05, 0) is 57.2 Å². The van der Waals surface area contributed by atoms with Crippen molar-refractivity contribution in [1.82, 2.24) is 19.2 Å². The number of morpholine rings is 1. The van der Waals surface area contributed by atoms with Crippen LogP contribution in [0.3, 0.4) is 0 Å². The highest BCUT2D eigenvalue weighted by molar-refractivity contribution is 8.26. The summed E-state index contributed by atoms with van der Waals surface area (Å²) in [5.41, 5.74) is 1.86. The van der Waals surface area contributed by atoms with Gasteiger partial charge in [0, 0.05) is 46.0 Å². The van der Waals surface area contributed by atoms with E-state index in [2.05, 4.69) is 23.6 Å². The lowest BCUT2D eigenvalue weighted by atomic mass is 9.95. The van der Waals surface area contributed by atoms with Crippen molar-refractivity contribution >= 4 is 51.7 Å². The van der Waals surface area contributed by atoms with Crippen LogP contribution >= 0.6 is 24.0 Å². The minimum absolute atomic E-state index is 0.168. The van der Waals surface area contributed by atoms with E-state index in [-0.39, 0.29) is 23.7 Å². The number of hydrogen-bond acceptors (Lipinski definition) is 8. The minimum Gasteiger partial charge on any atom is -0.373 e. The number of rotatable bonds is 4. The molecule has 3 aliphatic rings. The summed E-state index contributed by atoms with van der Waals surface area (Å²) in [5, 5.41) is 0. The third-order valence-electron chi connectivity index (χ3n) is 7.25. The summed E-state index contributed by atoms with van der Waals surface area (Å²) < 4.78 is 7.96. The number of pyridine rings is 1. The highest BCUT2D eigenvalue weighted by atomic mass is 32.2. The first kappa shape index (κ1) is 25.4. The van der Waals surface area contributed by atoms with Crippen LogP contribution < -0.4 is 10.5 Å². The van der Waals surface area contributed by atoms with Gasteiger partial charge in [-0.3, -0.25) is 23.8 Å². The molecule has 0 aromatic carbocycles. The number of thioether (sulfide) groups is 1. The molecule has 0 bridgehead atoms. The van der Waals surface area contributed by atoms with Crippen LogP contribution in [0.1, 0.15) is 37.8 Å². The molecule has 0 aliphatic carbocycles. The molecule has 2 atom stereocenters. The largest absolute Gasteiger partial charge is 0.373 e. The Balaban J connectivity index is 1.43. The molecule has 0 saturated carbocycles. The second kappa shape index (κ2) is 10.2. The van der Waals surface area contributed by atoms with Crippen LogP contribution in [0.5, 0.6) is 0 Å². The predicted octanol–water partition coefficient (Wildman–Crippen LogP) is 3.16. The van der Waals surface area contributed by atoms with Gasteiger partial charge in [-0.25, -0.2) is 4.98 Å². The molecule has 5 heterocycles. The Morgan fingerprint density at radius 2 is 1.89 bits per heavy atom. The summed E-state index contributed by atoms with van der Waals surface area (Å²) in [7, 11) is 1.66. The number of carbonyl (C=O) groups excluding carboxylic acids is 1. The monoisotopic (exact) mass is 527 g/mol. The van der Waals surface area contributed by atoms with Crippen LogP contribution in [0, 0.1) is 12.8 Å². The number of nitrogens with zero attached hydrogens (tertiary/aromatic N) is 5. The molecule has 36 heavy (non-hydrogen) atoms. The minimum atomic E-state index is -0.183. The number of amides is 1. The first-order valence-corrected chi connectivity index (χ1v) is 13.8. The van der Waals surface area contributed by atoms with E-state index in [9.17, 15) is 9.59 Å². The second-order valence-electron chi connectivity index (χ2n) is 10.2. The lowest BCUT2D eigenvalue weighted by molar-refractivity contribution is -0.121. The van der Waals surface area contributed by atoms with Crippen molar-refractivity contribution in [3.8, 4) is 0 Å². The van der Waals surface area contributed by atoms with Crippen molar-refractivity contribution in [2.24, 2.45) is 5.92 Å². The topological polar surface area (TPSA) is 70.4 Å². The predicted molar refractivity (Wildman–Crippen MR) is 149 cm³/mol. The summed E-state index contributed by atoms with van der Waals surface area (Å²) in [5.74, 6) is 1.07. The molecule has 0 spiro atoms. The van der Waals surface area contributed by atoms with E-state index in [4.69, 9.17) is 21.9 Å². The highest BCUT2D eigenvalue weighted by Gasteiger charge is 2.31. The number of anilines is 1. The van der Waals surface area contributed by atoms with Crippen molar-refractivity contribution in [2.45, 2.75) is 45.8 Å². The molecule has 3 fully saturated rings. The average Bonchev–Trinajstić information content (AvgIpc) is 3.07.